The largest absolute Gasteiger partial charge is 0.326 e. The molecular formula is C27H28N4O2. The quantitative estimate of drug-likeness (QED) is 0.506. The van der Waals surface area contributed by atoms with Crippen LogP contribution in [0.15, 0.2) is 65.1 Å². The number of amides is 1. The Balaban J connectivity index is 1.09. The van der Waals surface area contributed by atoms with E-state index in [9.17, 15) is 9.59 Å². The van der Waals surface area contributed by atoms with Crippen LogP contribution in [0.25, 0.3) is 6.08 Å². The first-order valence-corrected chi connectivity index (χ1v) is 11.7. The zero-order valence-electron chi connectivity index (χ0n) is 18.7. The SMILES string of the molecule is O=C(Cc1ccccc1)Nc1ccn(CCCCc2cc3c(nn2)CC(C2CC2)=C3)c(=O)c1. The summed E-state index contributed by atoms with van der Waals surface area (Å²) in [7, 11) is 0. The summed E-state index contributed by atoms with van der Waals surface area (Å²) in [4.78, 5) is 24.7. The molecule has 3 aromatic rings. The van der Waals surface area contributed by atoms with Crippen molar-refractivity contribution in [1.29, 1.82) is 0 Å². The number of aryl methyl sites for hydroxylation is 2. The molecule has 1 fully saturated rings. The highest BCUT2D eigenvalue weighted by atomic mass is 16.1. The lowest BCUT2D eigenvalue weighted by Crippen LogP contribution is -2.21. The van der Waals surface area contributed by atoms with Gasteiger partial charge in [0, 0.05) is 30.9 Å². The second kappa shape index (κ2) is 9.53. The monoisotopic (exact) mass is 440 g/mol. The van der Waals surface area contributed by atoms with E-state index in [1.807, 2.05) is 30.3 Å². The van der Waals surface area contributed by atoms with Gasteiger partial charge < -0.3 is 9.88 Å². The van der Waals surface area contributed by atoms with Gasteiger partial charge in [-0.05, 0) is 61.3 Å². The molecule has 2 aliphatic rings. The first-order chi connectivity index (χ1) is 16.1. The summed E-state index contributed by atoms with van der Waals surface area (Å²) < 4.78 is 1.69. The minimum atomic E-state index is -0.132. The van der Waals surface area contributed by atoms with Gasteiger partial charge in [-0.15, -0.1) is 0 Å². The van der Waals surface area contributed by atoms with Crippen molar-refractivity contribution in [2.45, 2.75) is 51.5 Å². The van der Waals surface area contributed by atoms with Gasteiger partial charge in [0.15, 0.2) is 0 Å². The molecule has 1 amide bonds. The van der Waals surface area contributed by atoms with Gasteiger partial charge in [0.2, 0.25) is 5.91 Å². The number of fused-ring (bicyclic) bond motifs is 1. The van der Waals surface area contributed by atoms with Gasteiger partial charge in [-0.25, -0.2) is 0 Å². The van der Waals surface area contributed by atoms with Gasteiger partial charge in [-0.1, -0.05) is 42.0 Å². The Hall–Kier alpha value is -3.54. The summed E-state index contributed by atoms with van der Waals surface area (Å²) in [6.07, 6.45) is 10.6. The van der Waals surface area contributed by atoms with E-state index in [4.69, 9.17) is 0 Å². The van der Waals surface area contributed by atoms with Gasteiger partial charge in [-0.2, -0.15) is 10.2 Å². The van der Waals surface area contributed by atoms with Crippen molar-refractivity contribution in [3.63, 3.8) is 0 Å². The number of allylic oxidation sites excluding steroid dienone is 1. The van der Waals surface area contributed by atoms with Crippen LogP contribution in [0.5, 0.6) is 0 Å². The van der Waals surface area contributed by atoms with Crippen LogP contribution >= 0.6 is 0 Å². The van der Waals surface area contributed by atoms with Crippen LogP contribution in [0, 0.1) is 5.92 Å². The van der Waals surface area contributed by atoms with Gasteiger partial charge in [0.05, 0.1) is 17.8 Å². The predicted molar refractivity (Wildman–Crippen MR) is 129 cm³/mol. The van der Waals surface area contributed by atoms with E-state index in [0.29, 0.717) is 12.2 Å². The molecule has 1 saturated carbocycles. The van der Waals surface area contributed by atoms with Gasteiger partial charge >= 0.3 is 0 Å². The number of hydrogen-bond donors (Lipinski definition) is 1. The molecule has 6 heteroatoms. The molecule has 2 aromatic heterocycles. The van der Waals surface area contributed by atoms with Gasteiger partial charge in [-0.3, -0.25) is 9.59 Å². The molecule has 2 aliphatic carbocycles. The van der Waals surface area contributed by atoms with Crippen LogP contribution in [-0.4, -0.2) is 20.7 Å². The average molecular weight is 441 g/mol. The number of pyridine rings is 1. The Kier molecular flexibility index (Phi) is 6.15. The second-order valence-corrected chi connectivity index (χ2v) is 9.02. The summed E-state index contributed by atoms with van der Waals surface area (Å²) in [6.45, 7) is 0.640. The topological polar surface area (TPSA) is 76.9 Å². The van der Waals surface area contributed by atoms with E-state index >= 15 is 0 Å². The average Bonchev–Trinajstić information content (AvgIpc) is 3.57. The maximum atomic E-state index is 12.4. The van der Waals surface area contributed by atoms with Gasteiger partial charge in [0.1, 0.15) is 0 Å². The van der Waals surface area contributed by atoms with E-state index in [-0.39, 0.29) is 17.9 Å². The van der Waals surface area contributed by atoms with Crippen molar-refractivity contribution in [2.24, 2.45) is 5.92 Å². The number of rotatable bonds is 9. The molecule has 0 atom stereocenters. The molecule has 0 unspecified atom stereocenters. The maximum Gasteiger partial charge on any atom is 0.252 e. The number of aromatic nitrogens is 3. The van der Waals surface area contributed by atoms with Crippen molar-refractivity contribution in [3.05, 3.63) is 93.2 Å². The molecule has 33 heavy (non-hydrogen) atoms. The third-order valence-electron chi connectivity index (χ3n) is 6.34. The molecule has 0 bridgehead atoms. The number of carbonyl (C=O) groups is 1. The number of benzene rings is 1. The first kappa shape index (κ1) is 21.3. The normalized spacial score (nSPS) is 14.6. The molecule has 1 N–H and O–H groups in total. The van der Waals surface area contributed by atoms with Gasteiger partial charge in [0.25, 0.3) is 5.56 Å². The summed E-state index contributed by atoms with van der Waals surface area (Å²) in [5.74, 6) is 0.650. The lowest BCUT2D eigenvalue weighted by Gasteiger charge is -2.09. The van der Waals surface area contributed by atoms with Crippen LogP contribution in [-0.2, 0) is 30.6 Å². The Morgan fingerprint density at radius 3 is 2.70 bits per heavy atom. The predicted octanol–water partition coefficient (Wildman–Crippen LogP) is 4.19. The standard InChI is InChI=1S/C27H28N4O2/c32-26(14-19-6-2-1-3-7-19)28-23-11-13-31(27(33)18-23)12-5-4-8-24-16-22-15-21(20-9-10-20)17-25(22)30-29-24/h1-3,6-7,11,13,15-16,18,20H,4-5,8-10,12,14,17H2,(H,28,32). The van der Waals surface area contributed by atoms with Crippen LogP contribution < -0.4 is 10.9 Å². The summed E-state index contributed by atoms with van der Waals surface area (Å²) >= 11 is 0. The second-order valence-electron chi connectivity index (χ2n) is 9.02. The third kappa shape index (κ3) is 5.45. The van der Waals surface area contributed by atoms with Crippen LogP contribution in [0.2, 0.25) is 0 Å². The minimum Gasteiger partial charge on any atom is -0.326 e. The lowest BCUT2D eigenvalue weighted by molar-refractivity contribution is -0.115. The summed E-state index contributed by atoms with van der Waals surface area (Å²) in [5.41, 5.74) is 6.26. The molecule has 5 rings (SSSR count). The van der Waals surface area contributed by atoms with E-state index in [0.717, 1.165) is 48.6 Å². The van der Waals surface area contributed by atoms with Crippen LogP contribution in [0.1, 0.15) is 48.2 Å². The van der Waals surface area contributed by atoms with Crippen molar-refractivity contribution in [3.8, 4) is 0 Å². The molecular weight excluding hydrogens is 412 g/mol. The smallest absolute Gasteiger partial charge is 0.252 e. The Labute approximate surface area is 193 Å². The fourth-order valence-electron chi connectivity index (χ4n) is 4.36. The molecule has 0 aliphatic heterocycles. The summed E-state index contributed by atoms with van der Waals surface area (Å²) in [5, 5.41) is 11.7. The van der Waals surface area contributed by atoms with E-state index in [1.165, 1.54) is 30.0 Å². The fraction of sp³-hybridized carbons (Fsp3) is 0.333. The molecule has 0 radical (unpaired) electrons. The van der Waals surface area contributed by atoms with Crippen LogP contribution in [0.4, 0.5) is 5.69 Å². The van der Waals surface area contributed by atoms with Crippen molar-refractivity contribution in [1.82, 2.24) is 14.8 Å². The zero-order valence-corrected chi connectivity index (χ0v) is 18.7. The lowest BCUT2D eigenvalue weighted by atomic mass is 10.1. The highest BCUT2D eigenvalue weighted by molar-refractivity contribution is 5.92. The van der Waals surface area contributed by atoms with Crippen molar-refractivity contribution in [2.75, 3.05) is 5.32 Å². The minimum absolute atomic E-state index is 0.109. The fourth-order valence-corrected chi connectivity index (χ4v) is 4.36. The molecule has 0 spiro atoms. The number of unbranched alkanes of at least 4 members (excludes halogenated alkanes) is 1. The molecule has 0 saturated heterocycles. The van der Waals surface area contributed by atoms with Crippen molar-refractivity contribution >= 4 is 17.7 Å². The molecule has 6 nitrogen and oxygen atoms in total. The highest BCUT2D eigenvalue weighted by Gasteiger charge is 2.29. The zero-order chi connectivity index (χ0) is 22.6. The first-order valence-electron chi connectivity index (χ1n) is 11.7. The number of nitrogens with one attached hydrogen (secondary N) is 1. The number of carbonyl (C=O) groups excluding carboxylic acids is 1. The molecule has 2 heterocycles. The Morgan fingerprint density at radius 2 is 1.91 bits per heavy atom. The van der Waals surface area contributed by atoms with E-state index < -0.39 is 0 Å². The highest BCUT2D eigenvalue weighted by Crippen LogP contribution is 2.41. The van der Waals surface area contributed by atoms with E-state index in [1.54, 1.807) is 16.8 Å². The number of nitrogens with zero attached hydrogens (tertiary/aromatic N) is 3. The molecule has 168 valence electrons. The Bertz CT molecular complexity index is 1240. The number of anilines is 1. The number of hydrogen-bond acceptors (Lipinski definition) is 4. The maximum absolute atomic E-state index is 12.4. The third-order valence-corrected chi connectivity index (χ3v) is 6.34. The van der Waals surface area contributed by atoms with Crippen LogP contribution in [0.3, 0.4) is 0 Å². The van der Waals surface area contributed by atoms with Crippen molar-refractivity contribution < 1.29 is 4.79 Å². The molecule has 1 aromatic carbocycles. The van der Waals surface area contributed by atoms with E-state index in [2.05, 4.69) is 27.7 Å². The summed E-state index contributed by atoms with van der Waals surface area (Å²) in [6, 6.07) is 15.0. The Morgan fingerprint density at radius 1 is 1.06 bits per heavy atom.